The molecule has 4 N–H and O–H groups in total. The topological polar surface area (TPSA) is 114 Å². The van der Waals surface area contributed by atoms with E-state index in [1.807, 2.05) is 26.0 Å². The Balaban J connectivity index is 1.88. The van der Waals surface area contributed by atoms with Gasteiger partial charge in [-0.05, 0) is 57.4 Å². The predicted octanol–water partition coefficient (Wildman–Crippen LogP) is 4.14. The first kappa shape index (κ1) is 22.1. The molecule has 3 rings (SSSR count). The van der Waals surface area contributed by atoms with Crippen LogP contribution in [0, 0.1) is 13.8 Å². The molecule has 0 aliphatic heterocycles. The Hall–Kier alpha value is -3.61. The molecular weight excluding hydrogens is 394 g/mol. The van der Waals surface area contributed by atoms with Crippen LogP contribution < -0.4 is 11.1 Å². The molecule has 0 aliphatic carbocycles. The van der Waals surface area contributed by atoms with Crippen molar-refractivity contribution in [3.05, 3.63) is 69.9 Å². The number of H-pyrrole nitrogens is 1. The van der Waals surface area contributed by atoms with E-state index in [4.69, 9.17) is 10.5 Å². The minimum atomic E-state index is -0.685. The lowest BCUT2D eigenvalue weighted by atomic mass is 9.95. The second-order valence-corrected chi connectivity index (χ2v) is 8.55. The fourth-order valence-electron chi connectivity index (χ4n) is 3.38. The lowest BCUT2D eigenvalue weighted by molar-refractivity contribution is 0.0523. The zero-order chi connectivity index (χ0) is 22.9. The summed E-state index contributed by atoms with van der Waals surface area (Å²) in [5.74, 6) is -0.977. The van der Waals surface area contributed by atoms with Crippen LogP contribution in [0.2, 0.25) is 0 Å². The molecule has 3 aromatic rings. The smallest absolute Gasteiger partial charge is 0.407 e. The van der Waals surface area contributed by atoms with E-state index in [9.17, 15) is 14.4 Å². The number of nitrogens with one attached hydrogen (secondary N) is 2. The zero-order valence-electron chi connectivity index (χ0n) is 18.4. The second-order valence-electron chi connectivity index (χ2n) is 8.55. The highest BCUT2D eigenvalue weighted by Gasteiger charge is 2.24. The van der Waals surface area contributed by atoms with Gasteiger partial charge in [-0.15, -0.1) is 0 Å². The van der Waals surface area contributed by atoms with Crippen LogP contribution in [0.1, 0.15) is 63.9 Å². The van der Waals surface area contributed by atoms with Crippen LogP contribution >= 0.6 is 0 Å². The number of carbonyl (C=O) groups excluding carboxylic acids is 3. The van der Waals surface area contributed by atoms with Gasteiger partial charge in [0.2, 0.25) is 0 Å². The average molecular weight is 421 g/mol. The summed E-state index contributed by atoms with van der Waals surface area (Å²) in [5.41, 5.74) is 9.21. The summed E-state index contributed by atoms with van der Waals surface area (Å²) in [6.45, 7) is 9.51. The lowest BCUT2D eigenvalue weighted by Crippen LogP contribution is -2.32. The largest absolute Gasteiger partial charge is 0.444 e. The maximum atomic E-state index is 13.3. The number of ketones is 1. The molecule has 31 heavy (non-hydrogen) atoms. The first-order chi connectivity index (χ1) is 14.5. The van der Waals surface area contributed by atoms with Crippen molar-refractivity contribution in [2.75, 3.05) is 0 Å². The molecule has 0 saturated heterocycles. The van der Waals surface area contributed by atoms with Gasteiger partial charge in [0.1, 0.15) is 11.3 Å². The number of fused-ring (bicyclic) bond motifs is 1. The molecule has 1 heterocycles. The monoisotopic (exact) mass is 421 g/mol. The minimum absolute atomic E-state index is 0.101. The maximum Gasteiger partial charge on any atom is 0.407 e. The van der Waals surface area contributed by atoms with Crippen LogP contribution in [0.5, 0.6) is 0 Å². The van der Waals surface area contributed by atoms with Gasteiger partial charge in [-0.1, -0.05) is 30.3 Å². The molecule has 0 saturated carbocycles. The summed E-state index contributed by atoms with van der Waals surface area (Å²) >= 11 is 0. The van der Waals surface area contributed by atoms with Crippen molar-refractivity contribution in [1.29, 1.82) is 0 Å². The summed E-state index contributed by atoms with van der Waals surface area (Å²) in [5, 5.41) is 3.38. The highest BCUT2D eigenvalue weighted by molar-refractivity contribution is 6.22. The molecule has 0 fully saturated rings. The first-order valence-electron chi connectivity index (χ1n) is 10.00. The maximum absolute atomic E-state index is 13.3. The van der Waals surface area contributed by atoms with E-state index < -0.39 is 17.6 Å². The SMILES string of the molecule is Cc1ccc2[nH]c(C(N)=O)c(C(=O)c3ccc(CNC(=O)OC(C)(C)C)cc3)c2c1C. The van der Waals surface area contributed by atoms with Crippen LogP contribution in [0.25, 0.3) is 10.9 Å². The molecule has 0 aliphatic rings. The number of aryl methyl sites for hydroxylation is 2. The van der Waals surface area contributed by atoms with E-state index in [0.29, 0.717) is 16.5 Å². The van der Waals surface area contributed by atoms with Gasteiger partial charge in [0, 0.05) is 23.0 Å². The van der Waals surface area contributed by atoms with Crippen molar-refractivity contribution in [3.8, 4) is 0 Å². The Morgan fingerprint density at radius 1 is 1.03 bits per heavy atom. The Morgan fingerprint density at radius 2 is 1.68 bits per heavy atom. The molecular formula is C24H27N3O4. The molecule has 2 aromatic carbocycles. The van der Waals surface area contributed by atoms with E-state index >= 15 is 0 Å². The normalized spacial score (nSPS) is 11.4. The fourth-order valence-corrected chi connectivity index (χ4v) is 3.38. The van der Waals surface area contributed by atoms with E-state index in [-0.39, 0.29) is 23.6 Å². The van der Waals surface area contributed by atoms with Gasteiger partial charge in [0.15, 0.2) is 5.78 Å². The molecule has 7 heteroatoms. The van der Waals surface area contributed by atoms with E-state index in [1.165, 1.54) is 0 Å². The number of carbonyl (C=O) groups is 3. The molecule has 162 valence electrons. The number of nitrogens with two attached hydrogens (primary N) is 1. The number of aromatic nitrogens is 1. The lowest BCUT2D eigenvalue weighted by Gasteiger charge is -2.19. The molecule has 0 radical (unpaired) electrons. The van der Waals surface area contributed by atoms with Gasteiger partial charge < -0.3 is 20.8 Å². The highest BCUT2D eigenvalue weighted by atomic mass is 16.6. The quantitative estimate of drug-likeness (QED) is 0.537. The van der Waals surface area contributed by atoms with Gasteiger partial charge >= 0.3 is 6.09 Å². The third-order valence-electron chi connectivity index (χ3n) is 5.02. The summed E-state index contributed by atoms with van der Waals surface area (Å²) < 4.78 is 5.22. The summed E-state index contributed by atoms with van der Waals surface area (Å²) in [7, 11) is 0. The fraction of sp³-hybridized carbons (Fsp3) is 0.292. The predicted molar refractivity (Wildman–Crippen MR) is 119 cm³/mol. The zero-order valence-corrected chi connectivity index (χ0v) is 18.4. The second kappa shape index (κ2) is 8.26. The number of rotatable bonds is 5. The standard InChI is InChI=1S/C24H27N3O4/c1-13-6-11-17-18(14(13)2)19(20(27-17)22(25)29)21(28)16-9-7-15(8-10-16)12-26-23(30)31-24(3,4)5/h6-11,27H,12H2,1-5H3,(H2,25,29)(H,26,30). The number of alkyl carbamates (subject to hydrolysis) is 1. The van der Waals surface area contributed by atoms with Gasteiger partial charge in [-0.2, -0.15) is 0 Å². The number of hydrogen-bond donors (Lipinski definition) is 3. The Labute approximate surface area is 181 Å². The van der Waals surface area contributed by atoms with Gasteiger partial charge in [-0.3, -0.25) is 9.59 Å². The van der Waals surface area contributed by atoms with Crippen molar-refractivity contribution in [2.24, 2.45) is 5.73 Å². The molecule has 1 aromatic heterocycles. The van der Waals surface area contributed by atoms with E-state index in [2.05, 4.69) is 10.3 Å². The summed E-state index contributed by atoms with van der Waals surface area (Å²) in [6.07, 6.45) is -0.511. The van der Waals surface area contributed by atoms with E-state index in [0.717, 1.165) is 16.7 Å². The summed E-state index contributed by atoms with van der Waals surface area (Å²) in [4.78, 5) is 40.1. The van der Waals surface area contributed by atoms with Crippen LogP contribution in [-0.2, 0) is 11.3 Å². The highest BCUT2D eigenvalue weighted by Crippen LogP contribution is 2.30. The molecule has 2 amide bonds. The van der Waals surface area contributed by atoms with Crippen molar-refractivity contribution in [3.63, 3.8) is 0 Å². The van der Waals surface area contributed by atoms with Crippen LogP contribution in [0.4, 0.5) is 4.79 Å². The number of ether oxygens (including phenoxy) is 1. The third kappa shape index (κ3) is 4.77. The third-order valence-corrected chi connectivity index (χ3v) is 5.02. The van der Waals surface area contributed by atoms with Crippen molar-refractivity contribution in [2.45, 2.75) is 46.8 Å². The number of primary amides is 1. The molecule has 0 bridgehead atoms. The number of aromatic amines is 1. The number of hydrogen-bond acceptors (Lipinski definition) is 4. The molecule has 0 atom stereocenters. The Morgan fingerprint density at radius 3 is 2.26 bits per heavy atom. The van der Waals surface area contributed by atoms with Crippen LogP contribution in [-0.4, -0.2) is 28.4 Å². The van der Waals surface area contributed by atoms with Gasteiger partial charge in [0.25, 0.3) is 5.91 Å². The van der Waals surface area contributed by atoms with Crippen molar-refractivity contribution >= 4 is 28.7 Å². The Kier molecular flexibility index (Phi) is 5.88. The van der Waals surface area contributed by atoms with Crippen LogP contribution in [0.3, 0.4) is 0 Å². The van der Waals surface area contributed by atoms with Crippen molar-refractivity contribution in [1.82, 2.24) is 10.3 Å². The Bertz CT molecular complexity index is 1170. The first-order valence-corrected chi connectivity index (χ1v) is 10.00. The molecule has 0 unspecified atom stereocenters. The van der Waals surface area contributed by atoms with Gasteiger partial charge in [-0.25, -0.2) is 4.79 Å². The number of amides is 2. The van der Waals surface area contributed by atoms with E-state index in [1.54, 1.807) is 45.0 Å². The molecule has 0 spiro atoms. The van der Waals surface area contributed by atoms with Gasteiger partial charge in [0.05, 0.1) is 5.56 Å². The minimum Gasteiger partial charge on any atom is -0.444 e. The number of benzene rings is 2. The summed E-state index contributed by atoms with van der Waals surface area (Å²) in [6, 6.07) is 10.6. The molecule has 7 nitrogen and oxygen atoms in total. The van der Waals surface area contributed by atoms with Crippen molar-refractivity contribution < 1.29 is 19.1 Å². The average Bonchev–Trinajstić information content (AvgIpc) is 3.08. The van der Waals surface area contributed by atoms with Crippen LogP contribution in [0.15, 0.2) is 36.4 Å².